The highest BCUT2D eigenvalue weighted by Crippen LogP contribution is 2.21. The molecule has 1 aliphatic carbocycles. The Morgan fingerprint density at radius 1 is 1.45 bits per heavy atom. The van der Waals surface area contributed by atoms with Crippen molar-refractivity contribution in [3.8, 4) is 0 Å². The zero-order valence-electron chi connectivity index (χ0n) is 12.1. The molecule has 1 saturated carbocycles. The summed E-state index contributed by atoms with van der Waals surface area (Å²) in [6.07, 6.45) is 6.89. The second-order valence-corrected chi connectivity index (χ2v) is 5.43. The van der Waals surface area contributed by atoms with Crippen molar-refractivity contribution in [2.24, 2.45) is 5.73 Å². The van der Waals surface area contributed by atoms with Crippen LogP contribution in [-0.2, 0) is 6.54 Å². The van der Waals surface area contributed by atoms with Crippen molar-refractivity contribution >= 4 is 5.91 Å². The van der Waals surface area contributed by atoms with E-state index in [4.69, 9.17) is 5.73 Å². The molecule has 20 heavy (non-hydrogen) atoms. The third kappa shape index (κ3) is 4.02. The van der Waals surface area contributed by atoms with Gasteiger partial charge < -0.3 is 16.0 Å². The van der Waals surface area contributed by atoms with Crippen LogP contribution in [-0.4, -0.2) is 42.0 Å². The van der Waals surface area contributed by atoms with Crippen molar-refractivity contribution in [1.82, 2.24) is 15.2 Å². The van der Waals surface area contributed by atoms with Crippen molar-refractivity contribution < 1.29 is 4.79 Å². The number of carbonyl (C=O) groups excluding carboxylic acids is 1. The third-order valence-corrected chi connectivity index (χ3v) is 3.99. The molecule has 5 heteroatoms. The van der Waals surface area contributed by atoms with E-state index in [1.165, 1.54) is 25.7 Å². The van der Waals surface area contributed by atoms with Crippen molar-refractivity contribution in [2.75, 3.05) is 20.1 Å². The number of hydrogen-bond donors (Lipinski definition) is 2. The Kier molecular flexibility index (Phi) is 5.49. The number of carbonyl (C=O) groups is 1. The maximum Gasteiger partial charge on any atom is 0.269 e. The average molecular weight is 276 g/mol. The van der Waals surface area contributed by atoms with E-state index in [0.717, 1.165) is 12.1 Å². The number of rotatable bonds is 6. The Morgan fingerprint density at radius 3 is 2.80 bits per heavy atom. The maximum atomic E-state index is 11.9. The van der Waals surface area contributed by atoms with E-state index >= 15 is 0 Å². The second kappa shape index (κ2) is 7.36. The first kappa shape index (κ1) is 14.9. The molecule has 1 heterocycles. The second-order valence-electron chi connectivity index (χ2n) is 5.43. The molecule has 2 rings (SSSR count). The summed E-state index contributed by atoms with van der Waals surface area (Å²) in [5.41, 5.74) is 6.89. The summed E-state index contributed by atoms with van der Waals surface area (Å²) in [6.45, 7) is 1.99. The van der Waals surface area contributed by atoms with Gasteiger partial charge in [-0.1, -0.05) is 18.9 Å². The van der Waals surface area contributed by atoms with Gasteiger partial charge in [-0.3, -0.25) is 9.78 Å². The SMILES string of the molecule is CN(CCNC(=O)c1ccc(CN)cn1)C1CCCC1. The molecule has 1 amide bonds. The predicted octanol–water partition coefficient (Wildman–Crippen LogP) is 1.14. The Labute approximate surface area is 120 Å². The van der Waals surface area contributed by atoms with E-state index in [-0.39, 0.29) is 5.91 Å². The first-order valence-electron chi connectivity index (χ1n) is 7.34. The van der Waals surface area contributed by atoms with E-state index in [2.05, 4.69) is 22.2 Å². The fourth-order valence-corrected chi connectivity index (χ4v) is 2.64. The number of likely N-dealkylation sites (N-methyl/N-ethyl adjacent to an activating group) is 1. The topological polar surface area (TPSA) is 71.2 Å². The Balaban J connectivity index is 1.73. The van der Waals surface area contributed by atoms with Gasteiger partial charge in [-0.15, -0.1) is 0 Å². The molecule has 0 bridgehead atoms. The van der Waals surface area contributed by atoms with Crippen LogP contribution >= 0.6 is 0 Å². The molecule has 110 valence electrons. The van der Waals surface area contributed by atoms with Gasteiger partial charge in [-0.25, -0.2) is 0 Å². The summed E-state index contributed by atoms with van der Waals surface area (Å²) in [5.74, 6) is -0.117. The van der Waals surface area contributed by atoms with E-state index < -0.39 is 0 Å². The Bertz CT molecular complexity index is 426. The molecule has 0 radical (unpaired) electrons. The van der Waals surface area contributed by atoms with E-state index in [1.807, 2.05) is 6.07 Å². The first-order valence-corrected chi connectivity index (χ1v) is 7.34. The third-order valence-electron chi connectivity index (χ3n) is 3.99. The number of nitrogens with zero attached hydrogens (tertiary/aromatic N) is 2. The lowest BCUT2D eigenvalue weighted by molar-refractivity contribution is 0.0942. The summed E-state index contributed by atoms with van der Waals surface area (Å²) < 4.78 is 0. The van der Waals surface area contributed by atoms with Gasteiger partial charge in [0.1, 0.15) is 5.69 Å². The quantitative estimate of drug-likeness (QED) is 0.817. The lowest BCUT2D eigenvalue weighted by Crippen LogP contribution is -2.37. The van der Waals surface area contributed by atoms with Gasteiger partial charge >= 0.3 is 0 Å². The largest absolute Gasteiger partial charge is 0.349 e. The van der Waals surface area contributed by atoms with Crippen molar-refractivity contribution in [3.05, 3.63) is 29.6 Å². The molecule has 1 fully saturated rings. The highest BCUT2D eigenvalue weighted by atomic mass is 16.1. The summed E-state index contributed by atoms with van der Waals surface area (Å²) in [6, 6.07) is 4.25. The van der Waals surface area contributed by atoms with Gasteiger partial charge in [0.2, 0.25) is 0 Å². The van der Waals surface area contributed by atoms with Crippen molar-refractivity contribution in [3.63, 3.8) is 0 Å². The van der Waals surface area contributed by atoms with Crippen LogP contribution in [0, 0.1) is 0 Å². The van der Waals surface area contributed by atoms with Crippen LogP contribution in [0.3, 0.4) is 0 Å². The lowest BCUT2D eigenvalue weighted by atomic mass is 10.2. The van der Waals surface area contributed by atoms with E-state index in [1.54, 1.807) is 12.3 Å². The molecule has 0 unspecified atom stereocenters. The number of pyridine rings is 1. The summed E-state index contributed by atoms with van der Waals surface area (Å²) in [4.78, 5) is 18.4. The smallest absolute Gasteiger partial charge is 0.269 e. The van der Waals surface area contributed by atoms with Gasteiger partial charge in [0.15, 0.2) is 0 Å². The van der Waals surface area contributed by atoms with E-state index in [9.17, 15) is 4.79 Å². The average Bonchev–Trinajstić information content (AvgIpc) is 3.01. The van der Waals surface area contributed by atoms with Crippen molar-refractivity contribution in [2.45, 2.75) is 38.3 Å². The molecular formula is C15H24N4O. The van der Waals surface area contributed by atoms with E-state index in [0.29, 0.717) is 24.8 Å². The minimum Gasteiger partial charge on any atom is -0.349 e. The highest BCUT2D eigenvalue weighted by molar-refractivity contribution is 5.92. The van der Waals surface area contributed by atoms with Gasteiger partial charge in [-0.2, -0.15) is 0 Å². The summed E-state index contributed by atoms with van der Waals surface area (Å²) >= 11 is 0. The minimum absolute atomic E-state index is 0.117. The monoisotopic (exact) mass is 276 g/mol. The summed E-state index contributed by atoms with van der Waals surface area (Å²) in [5, 5.41) is 2.92. The van der Waals surface area contributed by atoms with Crippen LogP contribution in [0.2, 0.25) is 0 Å². The maximum absolute atomic E-state index is 11.9. The van der Waals surface area contributed by atoms with Crippen LogP contribution in [0.1, 0.15) is 41.7 Å². The van der Waals surface area contributed by atoms with Crippen LogP contribution in [0.4, 0.5) is 0 Å². The first-order chi connectivity index (χ1) is 9.70. The molecule has 1 aromatic rings. The number of nitrogens with one attached hydrogen (secondary N) is 1. The van der Waals surface area contributed by atoms with Gasteiger partial charge in [0.05, 0.1) is 0 Å². The minimum atomic E-state index is -0.117. The zero-order chi connectivity index (χ0) is 14.4. The van der Waals surface area contributed by atoms with Crippen LogP contribution < -0.4 is 11.1 Å². The van der Waals surface area contributed by atoms with Gasteiger partial charge in [0.25, 0.3) is 5.91 Å². The molecule has 3 N–H and O–H groups in total. The molecule has 1 aromatic heterocycles. The van der Waals surface area contributed by atoms with Crippen LogP contribution in [0.5, 0.6) is 0 Å². The van der Waals surface area contributed by atoms with Crippen molar-refractivity contribution in [1.29, 1.82) is 0 Å². The van der Waals surface area contributed by atoms with Gasteiger partial charge in [0, 0.05) is 31.9 Å². The molecule has 0 aromatic carbocycles. The summed E-state index contributed by atoms with van der Waals surface area (Å²) in [7, 11) is 2.14. The Hall–Kier alpha value is -1.46. The standard InChI is InChI=1S/C15H24N4O/c1-19(13-4-2-3-5-13)9-8-17-15(20)14-7-6-12(10-16)11-18-14/h6-7,11,13H,2-5,8-10,16H2,1H3,(H,17,20). The van der Waals surface area contributed by atoms with Gasteiger partial charge in [-0.05, 0) is 31.5 Å². The molecule has 0 atom stereocenters. The molecule has 0 spiro atoms. The predicted molar refractivity (Wildman–Crippen MR) is 79.3 cm³/mol. The Morgan fingerprint density at radius 2 is 2.20 bits per heavy atom. The van der Waals surface area contributed by atoms with Crippen LogP contribution in [0.15, 0.2) is 18.3 Å². The highest BCUT2D eigenvalue weighted by Gasteiger charge is 2.19. The number of amides is 1. The lowest BCUT2D eigenvalue weighted by Gasteiger charge is -2.23. The normalized spacial score (nSPS) is 15.8. The zero-order valence-corrected chi connectivity index (χ0v) is 12.1. The number of hydrogen-bond acceptors (Lipinski definition) is 4. The fraction of sp³-hybridized carbons (Fsp3) is 0.600. The number of nitrogens with two attached hydrogens (primary N) is 1. The fourth-order valence-electron chi connectivity index (χ4n) is 2.64. The number of aromatic nitrogens is 1. The molecule has 0 aliphatic heterocycles. The molecule has 1 aliphatic rings. The molecule has 0 saturated heterocycles. The molecule has 5 nitrogen and oxygen atoms in total. The molecular weight excluding hydrogens is 252 g/mol. The van der Waals surface area contributed by atoms with Crippen LogP contribution in [0.25, 0.3) is 0 Å².